The number of rotatable bonds is 5. The Morgan fingerprint density at radius 2 is 2.05 bits per heavy atom. The summed E-state index contributed by atoms with van der Waals surface area (Å²) < 4.78 is 5.14. The zero-order chi connectivity index (χ0) is 13.2. The van der Waals surface area contributed by atoms with E-state index in [2.05, 4.69) is 29.2 Å². The molecule has 4 heteroatoms. The molecular formula is C15H16N2O2. The first-order chi connectivity index (χ1) is 9.26. The van der Waals surface area contributed by atoms with Gasteiger partial charge in [0.2, 0.25) is 11.7 Å². The van der Waals surface area contributed by atoms with Crippen molar-refractivity contribution in [3.8, 4) is 11.4 Å². The molecule has 0 N–H and O–H groups in total. The van der Waals surface area contributed by atoms with Crippen LogP contribution < -0.4 is 0 Å². The summed E-state index contributed by atoms with van der Waals surface area (Å²) in [6.07, 6.45) is 3.30. The molecule has 1 fully saturated rings. The van der Waals surface area contributed by atoms with Crippen LogP contribution in [0.4, 0.5) is 0 Å². The van der Waals surface area contributed by atoms with Crippen LogP contribution in [0.25, 0.3) is 11.4 Å². The lowest BCUT2D eigenvalue weighted by Crippen LogP contribution is -2.04. The first-order valence-corrected chi connectivity index (χ1v) is 6.71. The topological polar surface area (TPSA) is 56.0 Å². The Balaban J connectivity index is 1.73. The van der Waals surface area contributed by atoms with Crippen LogP contribution in [0.15, 0.2) is 28.8 Å². The monoisotopic (exact) mass is 256 g/mol. The summed E-state index contributed by atoms with van der Waals surface area (Å²) in [6.45, 7) is 2.12. The van der Waals surface area contributed by atoms with Gasteiger partial charge in [-0.3, -0.25) is 4.79 Å². The van der Waals surface area contributed by atoms with Gasteiger partial charge in [0.25, 0.3) is 0 Å². The van der Waals surface area contributed by atoms with Crippen LogP contribution in [0.5, 0.6) is 0 Å². The Morgan fingerprint density at radius 3 is 2.68 bits per heavy atom. The largest absolute Gasteiger partial charge is 0.339 e. The highest BCUT2D eigenvalue weighted by molar-refractivity contribution is 5.84. The van der Waals surface area contributed by atoms with Crippen LogP contribution in [-0.4, -0.2) is 15.9 Å². The zero-order valence-electron chi connectivity index (χ0n) is 10.9. The summed E-state index contributed by atoms with van der Waals surface area (Å²) in [7, 11) is 0. The van der Waals surface area contributed by atoms with E-state index in [-0.39, 0.29) is 18.1 Å². The molecule has 2 aromatic rings. The van der Waals surface area contributed by atoms with Crippen LogP contribution in [0.2, 0.25) is 0 Å². The molecule has 19 heavy (non-hydrogen) atoms. The second-order valence-electron chi connectivity index (χ2n) is 4.98. The van der Waals surface area contributed by atoms with Crippen LogP contribution in [0.1, 0.15) is 31.2 Å². The Morgan fingerprint density at radius 1 is 1.32 bits per heavy atom. The molecule has 4 nitrogen and oxygen atoms in total. The van der Waals surface area contributed by atoms with Gasteiger partial charge in [-0.15, -0.1) is 0 Å². The minimum absolute atomic E-state index is 0.219. The molecule has 0 radical (unpaired) electrons. The molecule has 98 valence electrons. The summed E-state index contributed by atoms with van der Waals surface area (Å²) in [5, 5.41) is 3.94. The highest BCUT2D eigenvalue weighted by Crippen LogP contribution is 2.30. The van der Waals surface area contributed by atoms with Crippen molar-refractivity contribution in [1.82, 2.24) is 10.1 Å². The van der Waals surface area contributed by atoms with Gasteiger partial charge in [-0.2, -0.15) is 4.98 Å². The summed E-state index contributed by atoms with van der Waals surface area (Å²) in [4.78, 5) is 16.0. The first kappa shape index (κ1) is 12.1. The number of Topliss-reactive ketones (excluding diaryl/α,β-unsaturated/α-hetero) is 1. The van der Waals surface area contributed by atoms with E-state index in [4.69, 9.17) is 4.52 Å². The van der Waals surface area contributed by atoms with Crippen molar-refractivity contribution in [2.24, 2.45) is 5.92 Å². The smallest absolute Gasteiger partial charge is 0.234 e. The maximum atomic E-state index is 11.7. The van der Waals surface area contributed by atoms with Crippen molar-refractivity contribution in [1.29, 1.82) is 0 Å². The van der Waals surface area contributed by atoms with Gasteiger partial charge in [-0.05, 0) is 24.8 Å². The zero-order valence-corrected chi connectivity index (χ0v) is 10.9. The molecular weight excluding hydrogens is 240 g/mol. The lowest BCUT2D eigenvalue weighted by atomic mass is 10.1. The number of hydrogen-bond acceptors (Lipinski definition) is 4. The molecule has 0 aliphatic heterocycles. The summed E-state index contributed by atoms with van der Waals surface area (Å²) in [6, 6.07) is 8.08. The minimum atomic E-state index is 0.219. The minimum Gasteiger partial charge on any atom is -0.339 e. The second kappa shape index (κ2) is 4.96. The first-order valence-electron chi connectivity index (χ1n) is 6.71. The molecule has 1 saturated carbocycles. The van der Waals surface area contributed by atoms with E-state index in [1.54, 1.807) is 0 Å². The molecule has 0 spiro atoms. The summed E-state index contributed by atoms with van der Waals surface area (Å²) >= 11 is 0. The molecule has 0 saturated heterocycles. The van der Waals surface area contributed by atoms with Gasteiger partial charge in [-0.1, -0.05) is 36.3 Å². The predicted octanol–water partition coefficient (Wildman–Crippen LogP) is 2.82. The second-order valence-corrected chi connectivity index (χ2v) is 4.98. The highest BCUT2D eigenvalue weighted by Gasteiger charge is 2.30. The molecule has 1 aliphatic carbocycles. The van der Waals surface area contributed by atoms with Crippen molar-refractivity contribution >= 4 is 5.78 Å². The van der Waals surface area contributed by atoms with Crippen LogP contribution in [0.3, 0.4) is 0 Å². The number of ketones is 1. The summed E-state index contributed by atoms with van der Waals surface area (Å²) in [5.41, 5.74) is 2.20. The lowest BCUT2D eigenvalue weighted by Gasteiger charge is -1.97. The lowest BCUT2D eigenvalue weighted by molar-refractivity contribution is -0.119. The van der Waals surface area contributed by atoms with Gasteiger partial charge in [0, 0.05) is 11.5 Å². The highest BCUT2D eigenvalue weighted by atomic mass is 16.5. The maximum absolute atomic E-state index is 11.7. The van der Waals surface area contributed by atoms with E-state index in [0.29, 0.717) is 11.7 Å². The number of hydrogen-bond donors (Lipinski definition) is 0. The molecule has 1 aromatic heterocycles. The van der Waals surface area contributed by atoms with E-state index >= 15 is 0 Å². The van der Waals surface area contributed by atoms with Crippen molar-refractivity contribution in [2.45, 2.75) is 32.6 Å². The average molecular weight is 256 g/mol. The molecule has 1 aliphatic rings. The number of benzene rings is 1. The fraction of sp³-hybridized carbons (Fsp3) is 0.400. The van der Waals surface area contributed by atoms with Crippen LogP contribution in [0, 0.1) is 5.92 Å². The van der Waals surface area contributed by atoms with E-state index in [1.165, 1.54) is 5.56 Å². The number of carbonyl (C=O) groups is 1. The molecule has 0 bridgehead atoms. The molecule has 3 rings (SSSR count). The standard InChI is InChI=1S/C15H16N2O2/c1-2-10-3-5-12(6-4-10)15-16-14(19-17-15)9-13(18)11-7-8-11/h3-6,11H,2,7-9H2,1H3. The molecule has 1 heterocycles. The maximum Gasteiger partial charge on any atom is 0.234 e. The Bertz CT molecular complexity index is 582. The van der Waals surface area contributed by atoms with Crippen LogP contribution in [-0.2, 0) is 17.6 Å². The number of aromatic nitrogens is 2. The van der Waals surface area contributed by atoms with E-state index < -0.39 is 0 Å². The van der Waals surface area contributed by atoms with Crippen molar-refractivity contribution in [3.63, 3.8) is 0 Å². The Labute approximate surface area is 111 Å². The van der Waals surface area contributed by atoms with Gasteiger partial charge in [-0.25, -0.2) is 0 Å². The number of carbonyl (C=O) groups excluding carboxylic acids is 1. The van der Waals surface area contributed by atoms with Gasteiger partial charge in [0.05, 0.1) is 6.42 Å². The molecule has 1 aromatic carbocycles. The van der Waals surface area contributed by atoms with Crippen molar-refractivity contribution in [3.05, 3.63) is 35.7 Å². The predicted molar refractivity (Wildman–Crippen MR) is 70.5 cm³/mol. The quantitative estimate of drug-likeness (QED) is 0.825. The normalized spacial score (nSPS) is 14.6. The molecule has 0 amide bonds. The van der Waals surface area contributed by atoms with Crippen LogP contribution >= 0.6 is 0 Å². The van der Waals surface area contributed by atoms with E-state index in [1.807, 2.05) is 12.1 Å². The third-order valence-electron chi connectivity index (χ3n) is 3.45. The van der Waals surface area contributed by atoms with Gasteiger partial charge in [0.1, 0.15) is 5.78 Å². The van der Waals surface area contributed by atoms with E-state index in [0.717, 1.165) is 24.8 Å². The average Bonchev–Trinajstić information content (AvgIpc) is 3.20. The molecule has 0 unspecified atom stereocenters. The fourth-order valence-corrected chi connectivity index (χ4v) is 2.03. The van der Waals surface area contributed by atoms with Gasteiger partial charge >= 0.3 is 0 Å². The van der Waals surface area contributed by atoms with E-state index in [9.17, 15) is 4.79 Å². The SMILES string of the molecule is CCc1ccc(-c2noc(CC(=O)C3CC3)n2)cc1. The van der Waals surface area contributed by atoms with Crippen molar-refractivity contribution in [2.75, 3.05) is 0 Å². The Kier molecular flexibility index (Phi) is 3.15. The Hall–Kier alpha value is -1.97. The number of nitrogens with zero attached hydrogens (tertiary/aromatic N) is 2. The third kappa shape index (κ3) is 2.72. The van der Waals surface area contributed by atoms with Gasteiger partial charge < -0.3 is 4.52 Å². The number of aryl methyl sites for hydroxylation is 1. The van der Waals surface area contributed by atoms with Gasteiger partial charge in [0.15, 0.2) is 0 Å². The summed E-state index contributed by atoms with van der Waals surface area (Å²) in [5.74, 6) is 1.43. The fourth-order valence-electron chi connectivity index (χ4n) is 2.03. The molecule has 0 atom stereocenters. The van der Waals surface area contributed by atoms with Crippen molar-refractivity contribution < 1.29 is 9.32 Å². The third-order valence-corrected chi connectivity index (χ3v) is 3.45.